The van der Waals surface area contributed by atoms with Crippen molar-refractivity contribution < 1.29 is 15.0 Å². The number of aliphatic hydroxyl groups is 1. The van der Waals surface area contributed by atoms with Gasteiger partial charge in [-0.05, 0) is 90.9 Å². The summed E-state index contributed by atoms with van der Waals surface area (Å²) in [7, 11) is 0. The number of ketones is 1. The number of rotatable bonds is 4. The lowest BCUT2D eigenvalue weighted by atomic mass is 9.51. The molecule has 0 radical (unpaired) electrons. The molecule has 2 saturated carbocycles. The molecule has 6 atom stereocenters. The first kappa shape index (κ1) is 18.0. The number of benzene rings is 1. The van der Waals surface area contributed by atoms with Crippen LogP contribution in [-0.4, -0.2) is 22.1 Å². The van der Waals surface area contributed by atoms with Crippen molar-refractivity contribution in [3.63, 3.8) is 0 Å². The molecule has 3 heteroatoms. The van der Waals surface area contributed by atoms with Crippen molar-refractivity contribution in [1.82, 2.24) is 0 Å². The Morgan fingerprint density at radius 1 is 1.27 bits per heavy atom. The Morgan fingerprint density at radius 3 is 2.85 bits per heavy atom. The Bertz CT molecular complexity index is 697. The third-order valence-corrected chi connectivity index (χ3v) is 7.80. The molecule has 0 amide bonds. The lowest BCUT2D eigenvalue weighted by molar-refractivity contribution is -0.122. The fourth-order valence-corrected chi connectivity index (χ4v) is 6.72. The molecule has 0 spiro atoms. The number of aromatic hydroxyl groups is 1. The number of hydrogen-bond donors (Lipinski definition) is 2. The van der Waals surface area contributed by atoms with Crippen LogP contribution in [0.5, 0.6) is 5.75 Å². The van der Waals surface area contributed by atoms with E-state index in [0.717, 1.165) is 38.5 Å². The summed E-state index contributed by atoms with van der Waals surface area (Å²) in [6, 6.07) is 5.84. The number of fused-ring (bicyclic) bond motifs is 5. The Hall–Kier alpha value is -1.35. The van der Waals surface area contributed by atoms with E-state index in [-0.39, 0.29) is 11.5 Å². The van der Waals surface area contributed by atoms with Crippen LogP contribution in [0.1, 0.15) is 75.8 Å². The van der Waals surface area contributed by atoms with Crippen molar-refractivity contribution in [3.05, 3.63) is 29.3 Å². The van der Waals surface area contributed by atoms with E-state index in [1.807, 2.05) is 12.1 Å². The number of aryl methyl sites for hydroxylation is 1. The molecule has 4 rings (SSSR count). The Kier molecular flexibility index (Phi) is 4.63. The van der Waals surface area contributed by atoms with Crippen LogP contribution >= 0.6 is 0 Å². The first-order chi connectivity index (χ1) is 12.4. The fourth-order valence-electron chi connectivity index (χ4n) is 6.72. The molecule has 3 nitrogen and oxygen atoms in total. The molecule has 1 aromatic rings. The average molecular weight is 357 g/mol. The number of phenols is 1. The summed E-state index contributed by atoms with van der Waals surface area (Å²) in [6.45, 7) is 4.34. The van der Waals surface area contributed by atoms with Gasteiger partial charge in [0.1, 0.15) is 11.5 Å². The number of Topliss-reactive ketones (excluding diaryl/α,β-unsaturated/α-hetero) is 1. The monoisotopic (exact) mass is 356 g/mol. The highest BCUT2D eigenvalue weighted by Crippen LogP contribution is 2.63. The maximum Gasteiger partial charge on any atom is 0.133 e. The number of carbonyl (C=O) groups is 1. The highest BCUT2D eigenvalue weighted by Gasteiger charge is 2.57. The fraction of sp³-hybridized carbons (Fsp3) is 0.696. The van der Waals surface area contributed by atoms with E-state index in [4.69, 9.17) is 0 Å². The van der Waals surface area contributed by atoms with Gasteiger partial charge in [0.15, 0.2) is 0 Å². The van der Waals surface area contributed by atoms with Crippen LogP contribution < -0.4 is 0 Å². The van der Waals surface area contributed by atoms with Crippen LogP contribution in [0.3, 0.4) is 0 Å². The van der Waals surface area contributed by atoms with Gasteiger partial charge >= 0.3 is 0 Å². The zero-order chi connectivity index (χ0) is 18.5. The van der Waals surface area contributed by atoms with Crippen molar-refractivity contribution in [3.8, 4) is 5.75 Å². The summed E-state index contributed by atoms with van der Waals surface area (Å²) in [4.78, 5) is 12.5. The van der Waals surface area contributed by atoms with Gasteiger partial charge in [-0.3, -0.25) is 4.79 Å². The topological polar surface area (TPSA) is 57.5 Å². The zero-order valence-electron chi connectivity index (χ0n) is 16.1. The van der Waals surface area contributed by atoms with Gasteiger partial charge in [0.25, 0.3) is 0 Å². The summed E-state index contributed by atoms with van der Waals surface area (Å²) in [5.41, 5.74) is 2.59. The summed E-state index contributed by atoms with van der Waals surface area (Å²) in [5.74, 6) is 2.55. The molecule has 0 aliphatic heterocycles. The molecule has 5 unspecified atom stereocenters. The quantitative estimate of drug-likeness (QED) is 0.829. The number of phenolic OH excluding ortho intramolecular Hbond substituents is 1. The third-order valence-electron chi connectivity index (χ3n) is 7.80. The first-order valence-electron chi connectivity index (χ1n) is 10.5. The van der Waals surface area contributed by atoms with Crippen LogP contribution in [-0.2, 0) is 11.2 Å². The molecule has 3 aliphatic rings. The number of aliphatic hydroxyl groups excluding tert-OH is 1. The molecule has 3 aliphatic carbocycles. The zero-order valence-corrected chi connectivity index (χ0v) is 16.1. The van der Waals surface area contributed by atoms with Gasteiger partial charge in [0, 0.05) is 12.8 Å². The summed E-state index contributed by atoms with van der Waals surface area (Å²) in [5, 5.41) is 20.6. The highest BCUT2D eigenvalue weighted by molar-refractivity contribution is 5.78. The molecule has 0 aromatic heterocycles. The van der Waals surface area contributed by atoms with Crippen molar-refractivity contribution in [2.75, 3.05) is 0 Å². The van der Waals surface area contributed by atoms with Crippen LogP contribution in [0.2, 0.25) is 0 Å². The van der Waals surface area contributed by atoms with Gasteiger partial charge in [-0.2, -0.15) is 0 Å². The van der Waals surface area contributed by atoms with Gasteiger partial charge in [-0.15, -0.1) is 0 Å². The lowest BCUT2D eigenvalue weighted by Crippen LogP contribution is -2.48. The Balaban J connectivity index is 1.73. The Morgan fingerprint density at radius 2 is 2.08 bits per heavy atom. The molecule has 142 valence electrons. The standard InChI is InChI=1S/C23H32O3/c1-3-4-16(24)12-15-13-23(2)20(9-10-21(23)26)19-7-5-14-11-17(25)6-8-18(14)22(15)19/h6,8,11,15,19-22,25-26H,3-5,7,9-10,12-13H2,1-2H3/t15-,19?,20?,21?,22?,23?/m0/s1. The summed E-state index contributed by atoms with van der Waals surface area (Å²) >= 11 is 0. The van der Waals surface area contributed by atoms with E-state index in [1.54, 1.807) is 0 Å². The molecule has 26 heavy (non-hydrogen) atoms. The molecule has 0 heterocycles. The van der Waals surface area contributed by atoms with Crippen LogP contribution in [0.4, 0.5) is 0 Å². The molecule has 2 N–H and O–H groups in total. The maximum absolute atomic E-state index is 12.5. The molecule has 2 fully saturated rings. The van der Waals surface area contributed by atoms with Gasteiger partial charge in [0.05, 0.1) is 6.10 Å². The molecular weight excluding hydrogens is 324 g/mol. The van der Waals surface area contributed by atoms with E-state index in [1.165, 1.54) is 11.1 Å². The minimum absolute atomic E-state index is 0.0350. The second-order valence-corrected chi connectivity index (χ2v) is 9.27. The molecule has 1 aromatic carbocycles. The average Bonchev–Trinajstić information content (AvgIpc) is 2.89. The predicted octanol–water partition coefficient (Wildman–Crippen LogP) is 4.59. The number of carbonyl (C=O) groups excluding carboxylic acids is 1. The van der Waals surface area contributed by atoms with E-state index >= 15 is 0 Å². The van der Waals surface area contributed by atoms with Crippen LogP contribution in [0, 0.1) is 23.2 Å². The van der Waals surface area contributed by atoms with Crippen molar-refractivity contribution in [2.24, 2.45) is 23.2 Å². The smallest absolute Gasteiger partial charge is 0.133 e. The van der Waals surface area contributed by atoms with Crippen molar-refractivity contribution >= 4 is 5.78 Å². The van der Waals surface area contributed by atoms with Crippen molar-refractivity contribution in [2.45, 2.75) is 77.2 Å². The third kappa shape index (κ3) is 2.79. The minimum Gasteiger partial charge on any atom is -0.508 e. The maximum atomic E-state index is 12.5. The van der Waals surface area contributed by atoms with E-state index in [2.05, 4.69) is 19.9 Å². The summed E-state index contributed by atoms with van der Waals surface area (Å²) < 4.78 is 0. The van der Waals surface area contributed by atoms with E-state index in [0.29, 0.717) is 48.0 Å². The van der Waals surface area contributed by atoms with E-state index in [9.17, 15) is 15.0 Å². The minimum atomic E-state index is -0.224. The van der Waals surface area contributed by atoms with Gasteiger partial charge in [-0.1, -0.05) is 19.9 Å². The van der Waals surface area contributed by atoms with Crippen LogP contribution in [0.25, 0.3) is 0 Å². The highest BCUT2D eigenvalue weighted by atomic mass is 16.3. The van der Waals surface area contributed by atoms with Gasteiger partial charge in [-0.25, -0.2) is 0 Å². The molecule has 0 saturated heterocycles. The normalized spacial score (nSPS) is 38.3. The molecule has 0 bridgehead atoms. The predicted molar refractivity (Wildman–Crippen MR) is 102 cm³/mol. The number of hydrogen-bond acceptors (Lipinski definition) is 3. The second-order valence-electron chi connectivity index (χ2n) is 9.27. The summed E-state index contributed by atoms with van der Waals surface area (Å²) in [6.07, 6.45) is 7.09. The largest absolute Gasteiger partial charge is 0.508 e. The first-order valence-corrected chi connectivity index (χ1v) is 10.5. The lowest BCUT2D eigenvalue weighted by Gasteiger charge is -2.53. The van der Waals surface area contributed by atoms with Gasteiger partial charge < -0.3 is 10.2 Å². The SMILES string of the molecule is CCCC(=O)C[C@H]1CC2(C)C(O)CCC2C2CCc3cc(O)ccc3C21. The van der Waals surface area contributed by atoms with Crippen molar-refractivity contribution in [1.29, 1.82) is 0 Å². The van der Waals surface area contributed by atoms with Gasteiger partial charge in [0.2, 0.25) is 0 Å². The molecular formula is C23H32O3. The van der Waals surface area contributed by atoms with E-state index < -0.39 is 0 Å². The van der Waals surface area contributed by atoms with Crippen LogP contribution in [0.15, 0.2) is 18.2 Å². The Labute approximate surface area is 156 Å². The second kappa shape index (κ2) is 6.67.